The number of anilines is 1. The van der Waals surface area contributed by atoms with E-state index in [1.54, 1.807) is 0 Å². The molecule has 3 nitrogen and oxygen atoms in total. The third-order valence-electron chi connectivity index (χ3n) is 2.68. The molecule has 1 aliphatic heterocycles. The molecule has 1 aromatic rings. The normalized spacial score (nSPS) is 16.8. The van der Waals surface area contributed by atoms with Gasteiger partial charge in [0.2, 0.25) is 0 Å². The van der Waals surface area contributed by atoms with E-state index in [0.29, 0.717) is 0 Å². The summed E-state index contributed by atoms with van der Waals surface area (Å²) in [5.41, 5.74) is 2.15. The van der Waals surface area contributed by atoms with Crippen LogP contribution in [0.25, 0.3) is 0 Å². The molecule has 4 heteroatoms. The second-order valence-corrected chi connectivity index (χ2v) is 4.53. The maximum absolute atomic E-state index is 9.18. The molecule has 1 saturated heterocycles. The van der Waals surface area contributed by atoms with Crippen molar-refractivity contribution in [3.05, 3.63) is 28.2 Å². The molecule has 0 radical (unpaired) electrons. The van der Waals surface area contributed by atoms with E-state index in [-0.39, 0.29) is 6.61 Å². The van der Waals surface area contributed by atoms with Crippen LogP contribution in [0, 0.1) is 0 Å². The summed E-state index contributed by atoms with van der Waals surface area (Å²) in [5, 5.41) is 12.5. The Balaban J connectivity index is 2.20. The summed E-state index contributed by atoms with van der Waals surface area (Å²) in [4.78, 5) is 2.34. The van der Waals surface area contributed by atoms with E-state index in [1.807, 2.05) is 6.07 Å². The maximum Gasteiger partial charge on any atom is 0.0693 e. The Bertz CT molecular complexity index is 337. The molecule has 2 rings (SSSR count). The zero-order valence-corrected chi connectivity index (χ0v) is 10.1. The van der Waals surface area contributed by atoms with E-state index < -0.39 is 0 Å². The molecule has 1 aromatic carbocycles. The Morgan fingerprint density at radius 3 is 2.73 bits per heavy atom. The van der Waals surface area contributed by atoms with Crippen LogP contribution in [0.4, 0.5) is 5.69 Å². The van der Waals surface area contributed by atoms with E-state index in [4.69, 9.17) is 0 Å². The molecule has 0 saturated carbocycles. The zero-order valence-electron chi connectivity index (χ0n) is 8.54. The first kappa shape index (κ1) is 10.9. The predicted octanol–water partition coefficient (Wildman–Crippen LogP) is 1.35. The Morgan fingerprint density at radius 2 is 2.07 bits per heavy atom. The van der Waals surface area contributed by atoms with Crippen molar-refractivity contribution >= 4 is 21.6 Å². The smallest absolute Gasteiger partial charge is 0.0693 e. The van der Waals surface area contributed by atoms with Gasteiger partial charge in [0.1, 0.15) is 0 Å². The van der Waals surface area contributed by atoms with Gasteiger partial charge >= 0.3 is 0 Å². The fourth-order valence-electron chi connectivity index (χ4n) is 1.80. The highest BCUT2D eigenvalue weighted by molar-refractivity contribution is 9.10. The maximum atomic E-state index is 9.18. The fraction of sp³-hybridized carbons (Fsp3) is 0.455. The molecule has 1 heterocycles. The lowest BCUT2D eigenvalue weighted by atomic mass is 10.2. The number of piperazine rings is 1. The second-order valence-electron chi connectivity index (χ2n) is 3.67. The number of benzene rings is 1. The summed E-state index contributed by atoms with van der Waals surface area (Å²) in [6.45, 7) is 4.22. The van der Waals surface area contributed by atoms with Crippen LogP contribution in [0.15, 0.2) is 22.7 Å². The van der Waals surface area contributed by atoms with Gasteiger partial charge in [0.25, 0.3) is 0 Å². The molecule has 0 amide bonds. The molecule has 0 spiro atoms. The lowest BCUT2D eigenvalue weighted by Crippen LogP contribution is -2.43. The van der Waals surface area contributed by atoms with E-state index >= 15 is 0 Å². The van der Waals surface area contributed by atoms with Crippen molar-refractivity contribution < 1.29 is 5.11 Å². The van der Waals surface area contributed by atoms with Crippen LogP contribution in [-0.2, 0) is 6.61 Å². The number of aliphatic hydroxyl groups excluding tert-OH is 1. The Hall–Kier alpha value is -0.580. The highest BCUT2D eigenvalue weighted by atomic mass is 79.9. The molecule has 0 aromatic heterocycles. The highest BCUT2D eigenvalue weighted by Gasteiger charge is 2.11. The molecule has 0 bridgehead atoms. The van der Waals surface area contributed by atoms with Crippen molar-refractivity contribution in [2.24, 2.45) is 0 Å². The number of hydrogen-bond acceptors (Lipinski definition) is 3. The van der Waals surface area contributed by atoms with Crippen LogP contribution in [-0.4, -0.2) is 31.3 Å². The largest absolute Gasteiger partial charge is 0.392 e. The number of rotatable bonds is 2. The Morgan fingerprint density at radius 1 is 1.33 bits per heavy atom. The number of aliphatic hydroxyl groups is 1. The van der Waals surface area contributed by atoms with E-state index in [0.717, 1.165) is 36.2 Å². The van der Waals surface area contributed by atoms with E-state index in [9.17, 15) is 5.11 Å². The molecule has 15 heavy (non-hydrogen) atoms. The van der Waals surface area contributed by atoms with E-state index in [1.165, 1.54) is 5.69 Å². The van der Waals surface area contributed by atoms with Gasteiger partial charge in [0.15, 0.2) is 0 Å². The topological polar surface area (TPSA) is 35.5 Å². The summed E-state index contributed by atoms with van der Waals surface area (Å²) in [5.74, 6) is 0. The number of nitrogens with one attached hydrogen (secondary N) is 1. The molecule has 82 valence electrons. The van der Waals surface area contributed by atoms with Crippen molar-refractivity contribution in [2.45, 2.75) is 6.61 Å². The molecule has 1 aliphatic rings. The van der Waals surface area contributed by atoms with Gasteiger partial charge in [-0.3, -0.25) is 0 Å². The van der Waals surface area contributed by atoms with Crippen molar-refractivity contribution in [1.82, 2.24) is 5.32 Å². The molecular weight excluding hydrogens is 256 g/mol. The van der Waals surface area contributed by atoms with Gasteiger partial charge in [-0.1, -0.05) is 15.9 Å². The Labute approximate surface area is 98.2 Å². The first-order chi connectivity index (χ1) is 7.31. The molecular formula is C11H15BrN2O. The molecule has 0 aliphatic carbocycles. The number of nitrogens with zero attached hydrogens (tertiary/aromatic N) is 1. The number of hydrogen-bond donors (Lipinski definition) is 2. The Kier molecular flexibility index (Phi) is 3.61. The van der Waals surface area contributed by atoms with Crippen LogP contribution in [0.2, 0.25) is 0 Å². The first-order valence-corrected chi connectivity index (χ1v) is 5.95. The fourth-order valence-corrected chi connectivity index (χ4v) is 2.17. The van der Waals surface area contributed by atoms with E-state index in [2.05, 4.69) is 38.3 Å². The van der Waals surface area contributed by atoms with Crippen molar-refractivity contribution in [2.75, 3.05) is 31.1 Å². The quantitative estimate of drug-likeness (QED) is 0.852. The SMILES string of the molecule is OCc1cc(N2CCNCC2)ccc1Br. The van der Waals surface area contributed by atoms with Gasteiger partial charge in [0, 0.05) is 36.3 Å². The predicted molar refractivity (Wildman–Crippen MR) is 65.1 cm³/mol. The van der Waals surface area contributed by atoms with Crippen LogP contribution in [0.3, 0.4) is 0 Å². The summed E-state index contributed by atoms with van der Waals surface area (Å²) in [7, 11) is 0. The summed E-state index contributed by atoms with van der Waals surface area (Å²) < 4.78 is 0.976. The van der Waals surface area contributed by atoms with Crippen LogP contribution < -0.4 is 10.2 Å². The molecule has 0 unspecified atom stereocenters. The summed E-state index contributed by atoms with van der Waals surface area (Å²) >= 11 is 3.42. The molecule has 0 atom stereocenters. The first-order valence-electron chi connectivity index (χ1n) is 5.16. The van der Waals surface area contributed by atoms with Crippen LogP contribution >= 0.6 is 15.9 Å². The lowest BCUT2D eigenvalue weighted by Gasteiger charge is -2.29. The summed E-state index contributed by atoms with van der Waals surface area (Å²) in [6, 6.07) is 6.15. The minimum absolute atomic E-state index is 0.0838. The number of halogens is 1. The van der Waals surface area contributed by atoms with Crippen molar-refractivity contribution in [3.8, 4) is 0 Å². The van der Waals surface area contributed by atoms with Crippen LogP contribution in [0.1, 0.15) is 5.56 Å². The van der Waals surface area contributed by atoms with Gasteiger partial charge in [-0.05, 0) is 23.8 Å². The van der Waals surface area contributed by atoms with Gasteiger partial charge in [0.05, 0.1) is 6.61 Å². The third kappa shape index (κ3) is 2.51. The monoisotopic (exact) mass is 270 g/mol. The highest BCUT2D eigenvalue weighted by Crippen LogP contribution is 2.23. The third-order valence-corrected chi connectivity index (χ3v) is 3.46. The van der Waals surface area contributed by atoms with Gasteiger partial charge < -0.3 is 15.3 Å². The minimum Gasteiger partial charge on any atom is -0.392 e. The van der Waals surface area contributed by atoms with Crippen LogP contribution in [0.5, 0.6) is 0 Å². The average molecular weight is 271 g/mol. The van der Waals surface area contributed by atoms with Crippen molar-refractivity contribution in [3.63, 3.8) is 0 Å². The lowest BCUT2D eigenvalue weighted by molar-refractivity contribution is 0.281. The van der Waals surface area contributed by atoms with Gasteiger partial charge in [-0.2, -0.15) is 0 Å². The molecule has 1 fully saturated rings. The summed E-state index contributed by atoms with van der Waals surface area (Å²) in [6.07, 6.45) is 0. The minimum atomic E-state index is 0.0838. The zero-order chi connectivity index (χ0) is 10.7. The van der Waals surface area contributed by atoms with Gasteiger partial charge in [-0.15, -0.1) is 0 Å². The molecule has 2 N–H and O–H groups in total. The average Bonchev–Trinajstić information content (AvgIpc) is 2.31. The second kappa shape index (κ2) is 4.96. The van der Waals surface area contributed by atoms with Crippen molar-refractivity contribution in [1.29, 1.82) is 0 Å². The standard InChI is InChI=1S/C11H15BrN2O/c12-11-2-1-10(7-9(11)8-15)14-5-3-13-4-6-14/h1-2,7,13,15H,3-6,8H2. The van der Waals surface area contributed by atoms with Gasteiger partial charge in [-0.25, -0.2) is 0 Å².